The van der Waals surface area contributed by atoms with Crippen LogP contribution in [0.4, 0.5) is 0 Å². The van der Waals surface area contributed by atoms with Crippen LogP contribution < -0.4 is 0 Å². The fraction of sp³-hybridized carbons (Fsp3) is 0.667. The van der Waals surface area contributed by atoms with Crippen LogP contribution in [-0.4, -0.2) is 32.1 Å². The van der Waals surface area contributed by atoms with Gasteiger partial charge in [-0.2, -0.15) is 5.06 Å². The summed E-state index contributed by atoms with van der Waals surface area (Å²) in [7, 11) is -5.42. The summed E-state index contributed by atoms with van der Waals surface area (Å²) in [6, 6.07) is 9.69. The summed E-state index contributed by atoms with van der Waals surface area (Å²) in [5.74, 6) is -0.625. The van der Waals surface area contributed by atoms with Gasteiger partial charge in [0.25, 0.3) is 0 Å². The molecule has 1 atom stereocenters. The Morgan fingerprint density at radius 2 is 1.52 bits per heavy atom. The highest BCUT2D eigenvalue weighted by Gasteiger charge is 2.47. The highest BCUT2D eigenvalue weighted by molar-refractivity contribution is 7.54. The van der Waals surface area contributed by atoms with Gasteiger partial charge in [0, 0.05) is 5.54 Å². The fourth-order valence-corrected chi connectivity index (χ4v) is 5.78. The molecule has 0 aliphatic carbocycles. The molecule has 144 valence electrons. The van der Waals surface area contributed by atoms with Crippen LogP contribution in [0.15, 0.2) is 30.3 Å². The van der Waals surface area contributed by atoms with Gasteiger partial charge in [0.15, 0.2) is 5.78 Å². The van der Waals surface area contributed by atoms with Gasteiger partial charge in [0.05, 0.1) is 13.2 Å². The van der Waals surface area contributed by atoms with Gasteiger partial charge in [0.2, 0.25) is 8.32 Å². The van der Waals surface area contributed by atoms with Gasteiger partial charge in [0.1, 0.15) is 0 Å². The molecule has 0 radical (unpaired) electrons. The minimum atomic E-state index is -3.47. The molecule has 0 aliphatic rings. The highest BCUT2D eigenvalue weighted by atomic mass is 31.2. The third-order valence-electron chi connectivity index (χ3n) is 3.27. The maximum absolute atomic E-state index is 13.7. The van der Waals surface area contributed by atoms with E-state index in [0.29, 0.717) is 13.2 Å². The van der Waals surface area contributed by atoms with Gasteiger partial charge in [-0.15, -0.1) is 0 Å². The lowest BCUT2D eigenvalue weighted by molar-refractivity contribution is -0.154. The molecule has 0 aliphatic heterocycles. The molecule has 1 rings (SSSR count). The van der Waals surface area contributed by atoms with E-state index in [1.54, 1.807) is 0 Å². The predicted molar refractivity (Wildman–Crippen MR) is 106 cm³/mol. The van der Waals surface area contributed by atoms with Crippen LogP contribution in [0.1, 0.15) is 46.0 Å². The summed E-state index contributed by atoms with van der Waals surface area (Å²) in [5.41, 5.74) is 0.478. The zero-order valence-electron chi connectivity index (χ0n) is 16.9. The summed E-state index contributed by atoms with van der Waals surface area (Å²) >= 11 is 0. The molecule has 1 unspecified atom stereocenters. The molecule has 5 nitrogen and oxygen atoms in total. The summed E-state index contributed by atoms with van der Waals surface area (Å²) in [4.78, 5) is 0. The van der Waals surface area contributed by atoms with Crippen LogP contribution in [0.25, 0.3) is 0 Å². The van der Waals surface area contributed by atoms with Gasteiger partial charge in [-0.25, -0.2) is 0 Å². The molecule has 0 N–H and O–H groups in total. The van der Waals surface area contributed by atoms with Gasteiger partial charge in [-0.3, -0.25) is 4.57 Å². The first-order chi connectivity index (χ1) is 11.4. The molecular formula is C18H34NO4PSi. The molecule has 0 saturated carbocycles. The zero-order chi connectivity index (χ0) is 19.3. The predicted octanol–water partition coefficient (Wildman–Crippen LogP) is 5.82. The number of nitrogens with zero attached hydrogens (tertiary/aromatic N) is 1. The standard InChI is InChI=1S/C18H34NO4PSi/c1-9-21-24(20,22-10-2)17(16-14-12-11-13-15-16)19(18(3,4)5)23-25(6,7)8/h11-15,17H,9-10H2,1-8H3. The van der Waals surface area contributed by atoms with Crippen LogP contribution in [-0.2, 0) is 18.1 Å². The van der Waals surface area contributed by atoms with Crippen molar-refractivity contribution in [3.05, 3.63) is 35.9 Å². The Hall–Kier alpha value is -0.493. The lowest BCUT2D eigenvalue weighted by Gasteiger charge is -2.45. The van der Waals surface area contributed by atoms with Gasteiger partial charge in [-0.1, -0.05) is 30.3 Å². The molecule has 0 spiro atoms. The van der Waals surface area contributed by atoms with E-state index in [9.17, 15) is 4.57 Å². The quantitative estimate of drug-likeness (QED) is 0.304. The third-order valence-corrected chi connectivity index (χ3v) is 6.36. The smallest absolute Gasteiger partial charge is 0.342 e. The van der Waals surface area contributed by atoms with E-state index in [1.165, 1.54) is 0 Å². The fourth-order valence-electron chi connectivity index (χ4n) is 2.46. The lowest BCUT2D eigenvalue weighted by Crippen LogP contribution is -2.49. The largest absolute Gasteiger partial charge is 0.354 e. The Morgan fingerprint density at radius 1 is 1.04 bits per heavy atom. The average molecular weight is 388 g/mol. The second-order valence-electron chi connectivity index (χ2n) is 7.86. The van der Waals surface area contributed by atoms with Crippen molar-refractivity contribution < 1.29 is 18.1 Å². The second-order valence-corrected chi connectivity index (χ2v) is 14.4. The molecule has 0 fully saturated rings. The maximum Gasteiger partial charge on any atom is 0.354 e. The van der Waals surface area contributed by atoms with Crippen molar-refractivity contribution >= 4 is 15.9 Å². The molecule has 0 saturated heterocycles. The summed E-state index contributed by atoms with van der Waals surface area (Å²) < 4.78 is 31.5. The lowest BCUT2D eigenvalue weighted by atomic mass is 10.1. The first-order valence-electron chi connectivity index (χ1n) is 8.87. The van der Waals surface area contributed by atoms with Crippen molar-refractivity contribution in [1.82, 2.24) is 5.06 Å². The molecular weight excluding hydrogens is 353 g/mol. The number of hydrogen-bond donors (Lipinski definition) is 0. The van der Waals surface area contributed by atoms with Gasteiger partial charge >= 0.3 is 7.60 Å². The molecule has 1 aromatic carbocycles. The first-order valence-corrected chi connectivity index (χ1v) is 13.9. The molecule has 7 heteroatoms. The van der Waals surface area contributed by atoms with Crippen molar-refractivity contribution in [2.45, 2.75) is 65.6 Å². The normalized spacial score (nSPS) is 14.8. The van der Waals surface area contributed by atoms with Crippen LogP contribution in [0.5, 0.6) is 0 Å². The summed E-state index contributed by atoms with van der Waals surface area (Å²) in [6.07, 6.45) is 0. The van der Waals surface area contributed by atoms with E-state index in [-0.39, 0.29) is 5.54 Å². The van der Waals surface area contributed by atoms with E-state index < -0.39 is 21.7 Å². The monoisotopic (exact) mass is 387 g/mol. The van der Waals surface area contributed by atoms with Crippen molar-refractivity contribution in [1.29, 1.82) is 0 Å². The molecule has 0 heterocycles. The Balaban J connectivity index is 3.54. The minimum absolute atomic E-state index is 0.311. The van der Waals surface area contributed by atoms with E-state index in [2.05, 4.69) is 19.6 Å². The third kappa shape index (κ3) is 6.63. The number of hydrogen-bond acceptors (Lipinski definition) is 5. The topological polar surface area (TPSA) is 48.0 Å². The van der Waals surface area contributed by atoms with Crippen LogP contribution in [0.2, 0.25) is 19.6 Å². The Bertz CT molecular complexity index is 559. The maximum atomic E-state index is 13.7. The van der Waals surface area contributed by atoms with Crippen LogP contribution in [0, 0.1) is 0 Å². The zero-order valence-corrected chi connectivity index (χ0v) is 18.8. The van der Waals surface area contributed by atoms with E-state index in [4.69, 9.17) is 13.6 Å². The van der Waals surface area contributed by atoms with Gasteiger partial charge in [-0.05, 0) is 59.8 Å². The minimum Gasteiger partial charge on any atom is -0.342 e. The Kier molecular flexibility index (Phi) is 8.06. The van der Waals surface area contributed by atoms with Crippen LogP contribution in [0.3, 0.4) is 0 Å². The van der Waals surface area contributed by atoms with Crippen molar-refractivity contribution in [3.8, 4) is 0 Å². The van der Waals surface area contributed by atoms with Crippen molar-refractivity contribution in [2.75, 3.05) is 13.2 Å². The van der Waals surface area contributed by atoms with Crippen molar-refractivity contribution in [2.24, 2.45) is 0 Å². The Morgan fingerprint density at radius 3 is 1.88 bits per heavy atom. The number of rotatable bonds is 9. The number of hydroxylamine groups is 2. The second kappa shape index (κ2) is 8.93. The molecule has 25 heavy (non-hydrogen) atoms. The van der Waals surface area contributed by atoms with E-state index in [1.807, 2.05) is 70.0 Å². The average Bonchev–Trinajstić information content (AvgIpc) is 2.46. The van der Waals surface area contributed by atoms with Crippen LogP contribution >= 0.6 is 7.60 Å². The van der Waals surface area contributed by atoms with Crippen molar-refractivity contribution in [3.63, 3.8) is 0 Å². The Labute approximate surface area is 154 Å². The molecule has 0 aromatic heterocycles. The van der Waals surface area contributed by atoms with E-state index >= 15 is 0 Å². The number of benzene rings is 1. The molecule has 0 bridgehead atoms. The summed E-state index contributed by atoms with van der Waals surface area (Å²) in [5, 5.41) is 1.83. The molecule has 0 amide bonds. The first kappa shape index (κ1) is 22.5. The molecule has 1 aromatic rings. The summed E-state index contributed by atoms with van der Waals surface area (Å²) in [6.45, 7) is 16.8. The highest BCUT2D eigenvalue weighted by Crippen LogP contribution is 2.63. The van der Waals surface area contributed by atoms with E-state index in [0.717, 1.165) is 5.56 Å². The SMILES string of the molecule is CCOP(=O)(OCC)C(c1ccccc1)N(O[Si](C)(C)C)C(C)(C)C. The van der Waals surface area contributed by atoms with Gasteiger partial charge < -0.3 is 13.6 Å².